The van der Waals surface area contributed by atoms with Gasteiger partial charge in [-0.25, -0.2) is 4.68 Å². The summed E-state index contributed by atoms with van der Waals surface area (Å²) in [6, 6.07) is 9.06. The van der Waals surface area contributed by atoms with Crippen LogP contribution in [0, 0.1) is 12.3 Å². The lowest BCUT2D eigenvalue weighted by Gasteiger charge is -2.16. The standard InChI is InChI=1S/C19H21Cl2N3O4/c1-11-14(16(26)24(23(11)4)13-8-6-5-7-9-13)22-15(25)12(2)28-17(27)18(3)10-19(18,20)21/h5-9,12H,10H2,1-4H3,(H,22,25)/t12-,18+/m1/s1. The Morgan fingerprint density at radius 3 is 2.36 bits per heavy atom. The zero-order valence-corrected chi connectivity index (χ0v) is 17.5. The van der Waals surface area contributed by atoms with Crippen LogP contribution >= 0.6 is 23.2 Å². The molecule has 1 aromatic heterocycles. The van der Waals surface area contributed by atoms with Crippen molar-refractivity contribution in [2.24, 2.45) is 12.5 Å². The average molecular weight is 426 g/mol. The van der Waals surface area contributed by atoms with Crippen molar-refractivity contribution in [3.63, 3.8) is 0 Å². The van der Waals surface area contributed by atoms with E-state index in [4.69, 9.17) is 27.9 Å². The highest BCUT2D eigenvalue weighted by Crippen LogP contribution is 2.64. The molecule has 2 aromatic rings. The fourth-order valence-corrected chi connectivity index (χ4v) is 3.59. The maximum atomic E-state index is 12.8. The summed E-state index contributed by atoms with van der Waals surface area (Å²) in [7, 11) is 1.72. The Morgan fingerprint density at radius 2 is 1.82 bits per heavy atom. The minimum atomic E-state index is -1.18. The van der Waals surface area contributed by atoms with Crippen molar-refractivity contribution < 1.29 is 14.3 Å². The highest BCUT2D eigenvalue weighted by atomic mass is 35.5. The maximum absolute atomic E-state index is 12.8. The molecular formula is C19H21Cl2N3O4. The van der Waals surface area contributed by atoms with Crippen molar-refractivity contribution >= 4 is 40.8 Å². The molecule has 7 nitrogen and oxygen atoms in total. The predicted octanol–water partition coefficient (Wildman–Crippen LogP) is 2.94. The molecule has 28 heavy (non-hydrogen) atoms. The van der Waals surface area contributed by atoms with Crippen LogP contribution in [0.2, 0.25) is 0 Å². The van der Waals surface area contributed by atoms with Gasteiger partial charge < -0.3 is 10.1 Å². The second-order valence-electron chi connectivity index (χ2n) is 7.19. The van der Waals surface area contributed by atoms with Gasteiger partial charge in [-0.1, -0.05) is 18.2 Å². The topological polar surface area (TPSA) is 82.3 Å². The third-order valence-corrected chi connectivity index (χ3v) is 6.27. The molecule has 1 N–H and O–H groups in total. The number of hydrogen-bond donors (Lipinski definition) is 1. The molecule has 1 aromatic carbocycles. The molecule has 0 bridgehead atoms. The monoisotopic (exact) mass is 425 g/mol. The van der Waals surface area contributed by atoms with Gasteiger partial charge in [0.1, 0.15) is 15.4 Å². The molecule has 0 aliphatic heterocycles. The Balaban J connectivity index is 1.78. The number of anilines is 1. The summed E-state index contributed by atoms with van der Waals surface area (Å²) >= 11 is 11.9. The number of rotatable bonds is 5. The smallest absolute Gasteiger partial charge is 0.315 e. The van der Waals surface area contributed by atoms with Gasteiger partial charge in [-0.15, -0.1) is 23.2 Å². The fourth-order valence-electron chi connectivity index (χ4n) is 2.90. The molecule has 1 aliphatic carbocycles. The first-order valence-corrected chi connectivity index (χ1v) is 9.49. The number of aromatic nitrogens is 2. The molecule has 9 heteroatoms. The molecule has 3 rings (SSSR count). The number of carbonyl (C=O) groups excluding carboxylic acids is 2. The predicted molar refractivity (Wildman–Crippen MR) is 107 cm³/mol. The van der Waals surface area contributed by atoms with Crippen LogP contribution in [0.3, 0.4) is 0 Å². The fraction of sp³-hybridized carbons (Fsp3) is 0.421. The van der Waals surface area contributed by atoms with Crippen molar-refractivity contribution in [3.05, 3.63) is 46.4 Å². The van der Waals surface area contributed by atoms with Gasteiger partial charge >= 0.3 is 5.97 Å². The quantitative estimate of drug-likeness (QED) is 0.589. The number of hydrogen-bond acceptors (Lipinski definition) is 4. The first-order chi connectivity index (χ1) is 13.0. The van der Waals surface area contributed by atoms with Gasteiger partial charge in [0.15, 0.2) is 6.10 Å². The molecule has 0 saturated heterocycles. The second kappa shape index (κ2) is 6.97. The van der Waals surface area contributed by atoms with Crippen LogP contribution < -0.4 is 10.9 Å². The van der Waals surface area contributed by atoms with Gasteiger partial charge in [-0.05, 0) is 32.9 Å². The van der Waals surface area contributed by atoms with E-state index >= 15 is 0 Å². The van der Waals surface area contributed by atoms with Gasteiger partial charge in [-0.2, -0.15) is 0 Å². The van der Waals surface area contributed by atoms with E-state index in [-0.39, 0.29) is 17.7 Å². The summed E-state index contributed by atoms with van der Waals surface area (Å²) in [6.07, 6.45) is -0.853. The molecule has 0 radical (unpaired) electrons. The molecule has 1 aliphatic rings. The van der Waals surface area contributed by atoms with Crippen molar-refractivity contribution in [3.8, 4) is 5.69 Å². The number of nitrogens with zero attached hydrogens (tertiary/aromatic N) is 2. The first-order valence-electron chi connectivity index (χ1n) is 8.73. The van der Waals surface area contributed by atoms with Crippen molar-refractivity contribution in [1.29, 1.82) is 0 Å². The molecular weight excluding hydrogens is 405 g/mol. The van der Waals surface area contributed by atoms with Crippen molar-refractivity contribution in [2.45, 2.75) is 37.6 Å². The zero-order chi connectivity index (χ0) is 20.9. The first kappa shape index (κ1) is 20.5. The number of amides is 1. The SMILES string of the molecule is Cc1c(NC(=O)[C@@H](C)OC(=O)[C@]2(C)CC2(Cl)Cl)c(=O)n(-c2ccccc2)n1C. The largest absolute Gasteiger partial charge is 0.452 e. The lowest BCUT2D eigenvalue weighted by molar-refractivity contribution is -0.158. The minimum absolute atomic E-state index is 0.126. The van der Waals surface area contributed by atoms with Gasteiger partial charge in [0.25, 0.3) is 11.5 Å². The third kappa shape index (κ3) is 3.33. The molecule has 1 fully saturated rings. The summed E-state index contributed by atoms with van der Waals surface area (Å²) in [5.41, 5.74) is -0.0581. The van der Waals surface area contributed by atoms with Gasteiger partial charge in [0.05, 0.1) is 11.4 Å². The Hall–Kier alpha value is -2.25. The van der Waals surface area contributed by atoms with E-state index in [1.807, 2.05) is 18.2 Å². The van der Waals surface area contributed by atoms with Crippen LogP contribution in [0.1, 0.15) is 26.0 Å². The van der Waals surface area contributed by atoms with Crippen LogP contribution in [0.15, 0.2) is 35.1 Å². The number of alkyl halides is 2. The van der Waals surface area contributed by atoms with Crippen LogP contribution in [-0.2, 0) is 21.4 Å². The van der Waals surface area contributed by atoms with E-state index in [0.717, 1.165) is 0 Å². The Bertz CT molecular complexity index is 997. The number of benzene rings is 1. The zero-order valence-electron chi connectivity index (χ0n) is 16.0. The van der Waals surface area contributed by atoms with E-state index in [9.17, 15) is 14.4 Å². The van der Waals surface area contributed by atoms with Crippen LogP contribution in [0.4, 0.5) is 5.69 Å². The van der Waals surface area contributed by atoms with E-state index < -0.39 is 27.7 Å². The van der Waals surface area contributed by atoms with Crippen LogP contribution in [0.25, 0.3) is 5.69 Å². The van der Waals surface area contributed by atoms with Crippen molar-refractivity contribution in [2.75, 3.05) is 5.32 Å². The minimum Gasteiger partial charge on any atom is -0.452 e. The van der Waals surface area contributed by atoms with E-state index in [1.165, 1.54) is 11.6 Å². The number of para-hydroxylation sites is 1. The Labute approximate surface area is 172 Å². The summed E-state index contributed by atoms with van der Waals surface area (Å²) in [5.74, 6) is -1.26. The second-order valence-corrected chi connectivity index (χ2v) is 8.67. The van der Waals surface area contributed by atoms with Gasteiger partial charge in [-0.3, -0.25) is 19.1 Å². The molecule has 0 unspecified atom stereocenters. The summed E-state index contributed by atoms with van der Waals surface area (Å²) < 4.78 is 7.12. The molecule has 1 heterocycles. The lowest BCUT2D eigenvalue weighted by Crippen LogP contribution is -2.34. The van der Waals surface area contributed by atoms with Crippen molar-refractivity contribution in [1.82, 2.24) is 9.36 Å². The number of halogens is 2. The maximum Gasteiger partial charge on any atom is 0.315 e. The molecule has 1 amide bonds. The normalized spacial score (nSPS) is 21.1. The molecule has 150 valence electrons. The number of carbonyl (C=O) groups is 2. The highest BCUT2D eigenvalue weighted by Gasteiger charge is 2.69. The third-order valence-electron chi connectivity index (χ3n) is 5.16. The van der Waals surface area contributed by atoms with Crippen LogP contribution in [-0.4, -0.2) is 31.7 Å². The van der Waals surface area contributed by atoms with Gasteiger partial charge in [0.2, 0.25) is 0 Å². The Kier molecular flexibility index (Phi) is 5.10. The lowest BCUT2D eigenvalue weighted by atomic mass is 10.1. The number of ether oxygens (including phenoxy) is 1. The Morgan fingerprint density at radius 1 is 1.25 bits per heavy atom. The highest BCUT2D eigenvalue weighted by molar-refractivity contribution is 6.53. The number of nitrogens with one attached hydrogen (secondary N) is 1. The van der Waals surface area contributed by atoms with E-state index in [1.54, 1.807) is 37.7 Å². The summed E-state index contributed by atoms with van der Waals surface area (Å²) in [4.78, 5) is 37.6. The van der Waals surface area contributed by atoms with Crippen LogP contribution in [0.5, 0.6) is 0 Å². The summed E-state index contributed by atoms with van der Waals surface area (Å²) in [6.45, 7) is 4.73. The number of esters is 1. The molecule has 1 saturated carbocycles. The van der Waals surface area contributed by atoms with E-state index in [2.05, 4.69) is 5.32 Å². The summed E-state index contributed by atoms with van der Waals surface area (Å²) in [5, 5.41) is 2.57. The molecule has 0 spiro atoms. The molecule has 2 atom stereocenters. The average Bonchev–Trinajstić information content (AvgIpc) is 3.10. The van der Waals surface area contributed by atoms with E-state index in [0.29, 0.717) is 11.4 Å². The van der Waals surface area contributed by atoms with Gasteiger partial charge in [0, 0.05) is 13.5 Å².